The van der Waals surface area contributed by atoms with Crippen molar-refractivity contribution < 1.29 is 17.9 Å². The molecule has 1 atom stereocenters. The zero-order chi connectivity index (χ0) is 15.3. The molecule has 0 spiro atoms. The maximum atomic E-state index is 11.6. The average Bonchev–Trinajstić information content (AvgIpc) is 2.78. The molecule has 21 heavy (non-hydrogen) atoms. The van der Waals surface area contributed by atoms with Crippen LogP contribution in [-0.4, -0.2) is 39.2 Å². The Morgan fingerprint density at radius 3 is 2.76 bits per heavy atom. The minimum Gasteiger partial charge on any atom is -0.490 e. The second-order valence-electron chi connectivity index (χ2n) is 5.10. The molecule has 0 bridgehead atoms. The molecular weight excluding hydrogens is 290 g/mol. The molecule has 1 aliphatic rings. The van der Waals surface area contributed by atoms with E-state index in [0.29, 0.717) is 31.1 Å². The van der Waals surface area contributed by atoms with Crippen LogP contribution < -0.4 is 14.8 Å². The van der Waals surface area contributed by atoms with Crippen molar-refractivity contribution in [2.75, 3.05) is 24.7 Å². The SMILES string of the molecule is CCNCc1cccc(OCC)c1OC1CCS(=O)(=O)C1. The first-order valence-corrected chi connectivity index (χ1v) is 9.20. The Labute approximate surface area is 126 Å². The third kappa shape index (κ3) is 4.35. The zero-order valence-electron chi connectivity index (χ0n) is 12.6. The molecule has 118 valence electrons. The molecule has 0 radical (unpaired) electrons. The highest BCUT2D eigenvalue weighted by Gasteiger charge is 2.30. The van der Waals surface area contributed by atoms with Crippen LogP contribution in [0.25, 0.3) is 0 Å². The standard InChI is InChI=1S/C15H23NO4S/c1-3-16-10-12-6-5-7-14(19-4-2)15(12)20-13-8-9-21(17,18)11-13/h5-7,13,16H,3-4,8-11H2,1-2H3. The second kappa shape index (κ2) is 7.13. The third-order valence-electron chi connectivity index (χ3n) is 3.40. The fourth-order valence-corrected chi connectivity index (χ4v) is 3.97. The molecule has 0 amide bonds. The Hall–Kier alpha value is -1.27. The fourth-order valence-electron chi connectivity index (χ4n) is 2.38. The molecule has 1 unspecified atom stereocenters. The quantitative estimate of drug-likeness (QED) is 0.831. The van der Waals surface area contributed by atoms with Gasteiger partial charge >= 0.3 is 0 Å². The molecule has 0 aromatic heterocycles. The van der Waals surface area contributed by atoms with Crippen molar-refractivity contribution >= 4 is 9.84 Å². The smallest absolute Gasteiger partial charge is 0.166 e. The molecule has 0 aliphatic carbocycles. The Balaban J connectivity index is 2.21. The van der Waals surface area contributed by atoms with Gasteiger partial charge in [0.05, 0.1) is 18.1 Å². The van der Waals surface area contributed by atoms with Gasteiger partial charge in [0.25, 0.3) is 0 Å². The van der Waals surface area contributed by atoms with Gasteiger partial charge in [0.2, 0.25) is 0 Å². The molecule has 1 N–H and O–H groups in total. The van der Waals surface area contributed by atoms with Gasteiger partial charge in [0, 0.05) is 12.1 Å². The van der Waals surface area contributed by atoms with E-state index in [1.54, 1.807) is 0 Å². The van der Waals surface area contributed by atoms with Crippen LogP contribution in [0.3, 0.4) is 0 Å². The Morgan fingerprint density at radius 1 is 1.33 bits per heavy atom. The van der Waals surface area contributed by atoms with Crippen LogP contribution in [0.1, 0.15) is 25.8 Å². The van der Waals surface area contributed by atoms with Crippen LogP contribution >= 0.6 is 0 Å². The van der Waals surface area contributed by atoms with Gasteiger partial charge in [-0.2, -0.15) is 0 Å². The van der Waals surface area contributed by atoms with Crippen molar-refractivity contribution in [1.82, 2.24) is 5.32 Å². The highest BCUT2D eigenvalue weighted by molar-refractivity contribution is 7.91. The molecule has 6 heteroatoms. The number of benzene rings is 1. The van der Waals surface area contributed by atoms with Gasteiger partial charge in [-0.05, 0) is 26.0 Å². The van der Waals surface area contributed by atoms with E-state index in [-0.39, 0.29) is 17.6 Å². The lowest BCUT2D eigenvalue weighted by atomic mass is 10.1. The summed E-state index contributed by atoms with van der Waals surface area (Å²) in [5.41, 5.74) is 0.993. The number of hydrogen-bond donors (Lipinski definition) is 1. The van der Waals surface area contributed by atoms with Gasteiger partial charge in [0.1, 0.15) is 6.10 Å². The highest BCUT2D eigenvalue weighted by Crippen LogP contribution is 2.33. The topological polar surface area (TPSA) is 64.6 Å². The van der Waals surface area contributed by atoms with E-state index in [1.807, 2.05) is 32.0 Å². The van der Waals surface area contributed by atoms with Gasteiger partial charge in [-0.25, -0.2) is 8.42 Å². The maximum Gasteiger partial charge on any atom is 0.166 e. The van der Waals surface area contributed by atoms with Crippen LogP contribution in [0, 0.1) is 0 Å². The summed E-state index contributed by atoms with van der Waals surface area (Å²) in [5, 5.41) is 3.26. The van der Waals surface area contributed by atoms with Gasteiger partial charge in [-0.3, -0.25) is 0 Å². The number of nitrogens with one attached hydrogen (secondary N) is 1. The maximum absolute atomic E-state index is 11.6. The molecule has 1 heterocycles. The molecule has 1 aliphatic heterocycles. The number of rotatable bonds is 7. The van der Waals surface area contributed by atoms with E-state index in [9.17, 15) is 8.42 Å². The summed E-state index contributed by atoms with van der Waals surface area (Å²) in [6.45, 7) is 6.03. The summed E-state index contributed by atoms with van der Waals surface area (Å²) in [7, 11) is -2.95. The first-order chi connectivity index (χ1) is 10.1. The Bertz CT molecular complexity index is 571. The summed E-state index contributed by atoms with van der Waals surface area (Å²) in [5.74, 6) is 1.64. The van der Waals surface area contributed by atoms with E-state index >= 15 is 0 Å². The van der Waals surface area contributed by atoms with E-state index < -0.39 is 9.84 Å². The normalized spacial score (nSPS) is 20.4. The molecule has 1 aromatic carbocycles. The number of hydrogen-bond acceptors (Lipinski definition) is 5. The van der Waals surface area contributed by atoms with Crippen molar-refractivity contribution in [3.05, 3.63) is 23.8 Å². The Morgan fingerprint density at radius 2 is 2.14 bits per heavy atom. The van der Waals surface area contributed by atoms with Gasteiger partial charge in [0.15, 0.2) is 21.3 Å². The lowest BCUT2D eigenvalue weighted by Gasteiger charge is -2.19. The van der Waals surface area contributed by atoms with E-state index in [0.717, 1.165) is 12.1 Å². The molecule has 0 saturated carbocycles. The summed E-state index contributed by atoms with van der Waals surface area (Å²) in [4.78, 5) is 0. The zero-order valence-corrected chi connectivity index (χ0v) is 13.4. The highest BCUT2D eigenvalue weighted by atomic mass is 32.2. The molecule has 1 fully saturated rings. The predicted molar refractivity (Wildman–Crippen MR) is 82.7 cm³/mol. The van der Waals surface area contributed by atoms with Crippen molar-refractivity contribution in [3.63, 3.8) is 0 Å². The summed E-state index contributed by atoms with van der Waals surface area (Å²) < 4.78 is 34.7. The monoisotopic (exact) mass is 313 g/mol. The largest absolute Gasteiger partial charge is 0.490 e. The van der Waals surface area contributed by atoms with Crippen molar-refractivity contribution in [2.24, 2.45) is 0 Å². The van der Waals surface area contributed by atoms with Crippen LogP contribution in [0.2, 0.25) is 0 Å². The second-order valence-corrected chi connectivity index (χ2v) is 7.33. The lowest BCUT2D eigenvalue weighted by molar-refractivity contribution is 0.210. The van der Waals surface area contributed by atoms with E-state index in [1.165, 1.54) is 0 Å². The summed E-state index contributed by atoms with van der Waals surface area (Å²) >= 11 is 0. The third-order valence-corrected chi connectivity index (χ3v) is 5.14. The van der Waals surface area contributed by atoms with Crippen LogP contribution in [0.4, 0.5) is 0 Å². The lowest BCUT2D eigenvalue weighted by Crippen LogP contribution is -2.20. The minimum atomic E-state index is -2.95. The van der Waals surface area contributed by atoms with E-state index in [4.69, 9.17) is 9.47 Å². The number of ether oxygens (including phenoxy) is 2. The van der Waals surface area contributed by atoms with Gasteiger partial charge in [-0.1, -0.05) is 19.1 Å². The minimum absolute atomic E-state index is 0.0914. The van der Waals surface area contributed by atoms with Crippen molar-refractivity contribution in [3.8, 4) is 11.5 Å². The van der Waals surface area contributed by atoms with Crippen LogP contribution in [0.5, 0.6) is 11.5 Å². The molecule has 1 saturated heterocycles. The predicted octanol–water partition coefficient (Wildman–Crippen LogP) is 1.76. The van der Waals surface area contributed by atoms with Crippen LogP contribution in [-0.2, 0) is 16.4 Å². The molecular formula is C15H23NO4S. The molecule has 1 aromatic rings. The number of sulfone groups is 1. The van der Waals surface area contributed by atoms with Crippen LogP contribution in [0.15, 0.2) is 18.2 Å². The first kappa shape index (κ1) is 16.1. The molecule has 2 rings (SSSR count). The summed E-state index contributed by atoms with van der Waals surface area (Å²) in [6, 6.07) is 5.76. The van der Waals surface area contributed by atoms with Crippen molar-refractivity contribution in [1.29, 1.82) is 0 Å². The summed E-state index contributed by atoms with van der Waals surface area (Å²) in [6.07, 6.45) is 0.265. The number of para-hydroxylation sites is 1. The van der Waals surface area contributed by atoms with Gasteiger partial charge in [-0.15, -0.1) is 0 Å². The van der Waals surface area contributed by atoms with Crippen molar-refractivity contribution in [2.45, 2.75) is 32.9 Å². The molecule has 5 nitrogen and oxygen atoms in total. The first-order valence-electron chi connectivity index (χ1n) is 7.38. The van der Waals surface area contributed by atoms with E-state index in [2.05, 4.69) is 5.32 Å². The average molecular weight is 313 g/mol. The van der Waals surface area contributed by atoms with Gasteiger partial charge < -0.3 is 14.8 Å². The Kier molecular flexibility index (Phi) is 5.47. The fraction of sp³-hybridized carbons (Fsp3) is 0.600.